The molecule has 0 saturated heterocycles. The van der Waals surface area contributed by atoms with E-state index in [1.165, 1.54) is 96.6 Å². The van der Waals surface area contributed by atoms with Crippen LogP contribution in [0.4, 0.5) is 0 Å². The maximum Gasteiger partial charge on any atom is 0.161 e. The first-order valence-electron chi connectivity index (χ1n) is 34.5. The van der Waals surface area contributed by atoms with Crippen LogP contribution in [0.15, 0.2) is 368 Å². The molecule has 476 valence electrons. The first-order chi connectivity index (χ1) is 50.6. The molecule has 0 bridgehead atoms. The van der Waals surface area contributed by atoms with E-state index in [0.29, 0.717) is 5.82 Å². The van der Waals surface area contributed by atoms with Crippen molar-refractivity contribution in [3.05, 3.63) is 364 Å². The van der Waals surface area contributed by atoms with Crippen LogP contribution >= 0.6 is 11.3 Å². The molecule has 4 heterocycles. The predicted octanol–water partition coefficient (Wildman–Crippen LogP) is 26.5. The van der Waals surface area contributed by atoms with Crippen molar-refractivity contribution in [3.8, 4) is 112 Å². The average Bonchev–Trinajstić information content (AvgIpc) is 1.56. The highest BCUT2D eigenvalue weighted by Gasteiger charge is 2.23. The number of benzene rings is 16. The molecular weight excluding hydrogens is 1260 g/mol. The summed E-state index contributed by atoms with van der Waals surface area (Å²) < 4.78 is 9.19. The van der Waals surface area contributed by atoms with Gasteiger partial charge in [-0.15, -0.1) is 11.3 Å². The fourth-order valence-corrected chi connectivity index (χ4v) is 16.2. The lowest BCUT2D eigenvalue weighted by Crippen LogP contribution is -1.96. The number of aromatic nitrogens is 4. The quantitative estimate of drug-likeness (QED) is 0.128. The van der Waals surface area contributed by atoms with E-state index in [4.69, 9.17) is 24.4 Å². The van der Waals surface area contributed by atoms with Crippen LogP contribution in [-0.4, -0.2) is 19.9 Å². The van der Waals surface area contributed by atoms with Crippen molar-refractivity contribution >= 4 is 96.5 Å². The van der Waals surface area contributed by atoms with Crippen molar-refractivity contribution in [1.29, 1.82) is 0 Å². The van der Waals surface area contributed by atoms with Crippen molar-refractivity contribution in [2.75, 3.05) is 0 Å². The van der Waals surface area contributed by atoms with Gasteiger partial charge in [-0.25, -0.2) is 19.9 Å². The summed E-state index contributed by atoms with van der Waals surface area (Å²) in [5, 5.41) is 14.6. The average molecular weight is 1320 g/mol. The van der Waals surface area contributed by atoms with Gasteiger partial charge in [-0.1, -0.05) is 309 Å². The Morgan fingerprint density at radius 1 is 0.216 bits per heavy atom. The summed E-state index contributed by atoms with van der Waals surface area (Å²) in [5.74, 6) is 1.39. The molecule has 0 saturated carbocycles. The van der Waals surface area contributed by atoms with E-state index in [9.17, 15) is 0 Å². The summed E-state index contributed by atoms with van der Waals surface area (Å²) in [7, 11) is 0. The Hall–Kier alpha value is -13.3. The minimum absolute atomic E-state index is 0.664. The van der Waals surface area contributed by atoms with Crippen LogP contribution in [0.1, 0.15) is 0 Å². The van der Waals surface area contributed by atoms with Gasteiger partial charge in [-0.3, -0.25) is 0 Å². The van der Waals surface area contributed by atoms with Gasteiger partial charge in [-0.05, 0) is 137 Å². The van der Waals surface area contributed by atoms with E-state index in [1.54, 1.807) is 0 Å². The number of nitrogens with zero attached hydrogens (tertiary/aromatic N) is 4. The zero-order valence-electron chi connectivity index (χ0n) is 55.2. The molecule has 0 spiro atoms. The molecular formula is C96H60N4OS. The van der Waals surface area contributed by atoms with Gasteiger partial charge in [0.15, 0.2) is 11.6 Å². The van der Waals surface area contributed by atoms with E-state index in [1.807, 2.05) is 72.0 Å². The summed E-state index contributed by atoms with van der Waals surface area (Å²) in [5.41, 5.74) is 20.8. The molecule has 102 heavy (non-hydrogen) atoms. The SMILES string of the molecule is c1ccc(-c2cc(-c3ccccc3)nc(-c3ccc(-c4ccc(-c5cc6ccccc6c6ccccc56)cc4)c4oc5ccccc5c34)n2)cc1.c1ccc(-c2cc(-c3ccccc3)nc(-c3ccc(-c4ccc(-c5cc6ccccc6c6ccccc56)cc4)c4sc5ccccc5c34)n2)cc1. The zero-order chi connectivity index (χ0) is 67.5. The van der Waals surface area contributed by atoms with Crippen molar-refractivity contribution < 1.29 is 4.42 Å². The van der Waals surface area contributed by atoms with E-state index in [-0.39, 0.29) is 0 Å². The van der Waals surface area contributed by atoms with E-state index in [0.717, 1.165) is 95.0 Å². The first kappa shape index (κ1) is 60.0. The summed E-state index contributed by atoms with van der Waals surface area (Å²) >= 11 is 1.84. The molecule has 16 aromatic carbocycles. The van der Waals surface area contributed by atoms with Gasteiger partial charge in [0.05, 0.1) is 22.8 Å². The van der Waals surface area contributed by atoms with E-state index in [2.05, 4.69) is 303 Å². The smallest absolute Gasteiger partial charge is 0.161 e. The van der Waals surface area contributed by atoms with Gasteiger partial charge in [0, 0.05) is 69.9 Å². The molecule has 6 heteroatoms. The maximum absolute atomic E-state index is 6.70. The molecule has 0 aliphatic heterocycles. The number of furan rings is 1. The van der Waals surface area contributed by atoms with Gasteiger partial charge >= 0.3 is 0 Å². The topological polar surface area (TPSA) is 64.7 Å². The second kappa shape index (κ2) is 25.5. The predicted molar refractivity (Wildman–Crippen MR) is 429 cm³/mol. The highest BCUT2D eigenvalue weighted by Crippen LogP contribution is 2.47. The fourth-order valence-electron chi connectivity index (χ4n) is 14.9. The maximum atomic E-state index is 6.70. The lowest BCUT2D eigenvalue weighted by molar-refractivity contribution is 0.670. The van der Waals surface area contributed by atoms with Crippen molar-refractivity contribution in [2.24, 2.45) is 0 Å². The number of rotatable bonds is 10. The molecule has 0 unspecified atom stereocenters. The number of fused-ring (bicyclic) bond motifs is 12. The van der Waals surface area contributed by atoms with Crippen LogP contribution in [0.3, 0.4) is 0 Å². The number of para-hydroxylation sites is 1. The van der Waals surface area contributed by atoms with Gasteiger partial charge in [-0.2, -0.15) is 0 Å². The van der Waals surface area contributed by atoms with E-state index < -0.39 is 0 Å². The molecule has 0 atom stereocenters. The minimum Gasteiger partial charge on any atom is -0.455 e. The molecule has 0 aliphatic rings. The molecule has 0 aliphatic carbocycles. The third-order valence-corrected chi connectivity index (χ3v) is 21.0. The molecule has 20 rings (SSSR count). The van der Waals surface area contributed by atoms with Gasteiger partial charge in [0.1, 0.15) is 11.2 Å². The third kappa shape index (κ3) is 10.8. The minimum atomic E-state index is 0.664. The summed E-state index contributed by atoms with van der Waals surface area (Å²) in [6, 6.07) is 129. The van der Waals surface area contributed by atoms with Crippen molar-refractivity contribution in [3.63, 3.8) is 0 Å². The Morgan fingerprint density at radius 3 is 1.01 bits per heavy atom. The van der Waals surface area contributed by atoms with Crippen LogP contribution in [0, 0.1) is 0 Å². The largest absolute Gasteiger partial charge is 0.455 e. The Kier molecular flexibility index (Phi) is 15.0. The molecule has 20 aromatic rings. The molecule has 0 radical (unpaired) electrons. The van der Waals surface area contributed by atoms with Crippen molar-refractivity contribution in [1.82, 2.24) is 19.9 Å². The van der Waals surface area contributed by atoms with E-state index >= 15 is 0 Å². The van der Waals surface area contributed by atoms with Gasteiger partial charge in [0.25, 0.3) is 0 Å². The molecule has 0 amide bonds. The summed E-state index contributed by atoms with van der Waals surface area (Å²) in [6.45, 7) is 0. The lowest BCUT2D eigenvalue weighted by Gasteiger charge is -2.13. The summed E-state index contributed by atoms with van der Waals surface area (Å²) in [6.07, 6.45) is 0. The lowest BCUT2D eigenvalue weighted by atomic mass is 9.92. The van der Waals surface area contributed by atoms with Crippen LogP contribution < -0.4 is 0 Å². The van der Waals surface area contributed by atoms with Crippen LogP contribution in [0.2, 0.25) is 0 Å². The zero-order valence-corrected chi connectivity index (χ0v) is 56.1. The molecule has 0 fully saturated rings. The highest BCUT2D eigenvalue weighted by atomic mass is 32.1. The standard InChI is InChI=1S/C48H30N2O.C48H30N2S/c2*1-3-13-33(14-4-1)43-30-44(34-15-5-2-6-16-34)50-48(49-43)41-28-27-37(47-46(41)40-21-11-12-22-45(40)51-47)31-23-25-32(26-24-31)42-29-35-17-7-8-18-36(35)38-19-9-10-20-39(38)42/h2*1-30H. The van der Waals surface area contributed by atoms with Crippen molar-refractivity contribution in [2.45, 2.75) is 0 Å². The second-order valence-electron chi connectivity index (χ2n) is 25.9. The first-order valence-corrected chi connectivity index (χ1v) is 35.3. The summed E-state index contributed by atoms with van der Waals surface area (Å²) in [4.78, 5) is 20.8. The highest BCUT2D eigenvalue weighted by molar-refractivity contribution is 7.26. The normalized spacial score (nSPS) is 11.5. The second-order valence-corrected chi connectivity index (χ2v) is 26.9. The molecule has 5 nitrogen and oxygen atoms in total. The number of thiophene rings is 1. The van der Waals surface area contributed by atoms with Crippen LogP contribution in [0.5, 0.6) is 0 Å². The Bertz CT molecular complexity index is 6070. The van der Waals surface area contributed by atoms with Gasteiger partial charge < -0.3 is 4.42 Å². The van der Waals surface area contributed by atoms with Gasteiger partial charge in [0.2, 0.25) is 0 Å². The Balaban J connectivity index is 0.000000141. The third-order valence-electron chi connectivity index (χ3n) is 19.8. The van der Waals surface area contributed by atoms with Crippen LogP contribution in [-0.2, 0) is 0 Å². The van der Waals surface area contributed by atoms with Crippen LogP contribution in [0.25, 0.3) is 198 Å². The monoisotopic (exact) mass is 1320 g/mol. The number of hydrogen-bond donors (Lipinski definition) is 0. The fraction of sp³-hybridized carbons (Fsp3) is 0. The molecule has 4 aromatic heterocycles. The Morgan fingerprint density at radius 2 is 0.549 bits per heavy atom. The molecule has 0 N–H and O–H groups in total. The Labute approximate surface area is 593 Å². The number of hydrogen-bond acceptors (Lipinski definition) is 6.